The fourth-order valence-electron chi connectivity index (χ4n) is 4.31. The Morgan fingerprint density at radius 3 is 1.42 bits per heavy atom. The molecule has 0 saturated carbocycles. The first-order chi connectivity index (χ1) is 25.0. The Morgan fingerprint density at radius 2 is 1.02 bits per heavy atom. The highest BCUT2D eigenvalue weighted by molar-refractivity contribution is 5.80. The third kappa shape index (κ3) is 25.5. The van der Waals surface area contributed by atoms with Gasteiger partial charge in [-0.15, -0.1) is 0 Å². The van der Waals surface area contributed by atoms with Crippen LogP contribution in [0.4, 0.5) is 19.2 Å². The monoisotopic (exact) mass is 746 g/mol. The smallest absolute Gasteiger partial charge is 0.408 e. The Morgan fingerprint density at radius 1 is 0.604 bits per heavy atom. The second-order valence-corrected chi connectivity index (χ2v) is 14.0. The normalized spacial score (nSPS) is 12.1. The molecule has 53 heavy (non-hydrogen) atoms. The van der Waals surface area contributed by atoms with Gasteiger partial charge in [0.15, 0.2) is 0 Å². The van der Waals surface area contributed by atoms with Crippen LogP contribution in [0.2, 0.25) is 0 Å². The number of aliphatic hydroxyl groups is 1. The zero-order chi connectivity index (χ0) is 39.7. The molecular formula is C38H58N4O11. The van der Waals surface area contributed by atoms with E-state index in [0.717, 1.165) is 17.5 Å². The predicted octanol–water partition coefficient (Wildman–Crippen LogP) is 6.03. The van der Waals surface area contributed by atoms with Crippen molar-refractivity contribution in [2.24, 2.45) is 0 Å². The van der Waals surface area contributed by atoms with E-state index < -0.39 is 47.6 Å². The lowest BCUT2D eigenvalue weighted by Crippen LogP contribution is -2.43. The van der Waals surface area contributed by atoms with Gasteiger partial charge in [-0.1, -0.05) is 60.7 Å². The Labute approximate surface area is 312 Å². The van der Waals surface area contributed by atoms with Gasteiger partial charge in [0.25, 0.3) is 0 Å². The third-order valence-electron chi connectivity index (χ3n) is 6.79. The van der Waals surface area contributed by atoms with Crippen LogP contribution in [-0.2, 0) is 37.0 Å². The second kappa shape index (κ2) is 25.0. The van der Waals surface area contributed by atoms with Crippen LogP contribution in [-0.4, -0.2) is 83.5 Å². The van der Waals surface area contributed by atoms with Crippen molar-refractivity contribution in [1.82, 2.24) is 21.3 Å². The van der Waals surface area contributed by atoms with E-state index in [0.29, 0.717) is 38.8 Å². The minimum Gasteiger partial charge on any atom is -0.480 e. The summed E-state index contributed by atoms with van der Waals surface area (Å²) in [5.41, 5.74) is 0.553. The summed E-state index contributed by atoms with van der Waals surface area (Å²) in [4.78, 5) is 57.8. The number of aliphatic carboxylic acids is 1. The molecule has 0 heterocycles. The number of amides is 4. The Balaban J connectivity index is 0.000000530. The molecule has 2 aromatic carbocycles. The fraction of sp³-hybridized carbons (Fsp3) is 0.553. The van der Waals surface area contributed by atoms with Crippen LogP contribution in [0.1, 0.15) is 91.2 Å². The van der Waals surface area contributed by atoms with Crippen molar-refractivity contribution in [3.05, 3.63) is 71.8 Å². The third-order valence-corrected chi connectivity index (χ3v) is 6.79. The molecule has 0 radical (unpaired) electrons. The number of ether oxygens (including phenoxy) is 4. The van der Waals surface area contributed by atoms with E-state index in [2.05, 4.69) is 21.3 Å². The van der Waals surface area contributed by atoms with E-state index in [4.69, 9.17) is 18.9 Å². The molecular weight excluding hydrogens is 688 g/mol. The maximum Gasteiger partial charge on any atom is 0.408 e. The molecule has 0 aliphatic carbocycles. The van der Waals surface area contributed by atoms with E-state index in [-0.39, 0.29) is 32.3 Å². The van der Waals surface area contributed by atoms with Crippen molar-refractivity contribution in [2.45, 2.75) is 117 Å². The van der Waals surface area contributed by atoms with Crippen LogP contribution in [0.25, 0.3) is 0 Å². The van der Waals surface area contributed by atoms with Gasteiger partial charge in [0.2, 0.25) is 0 Å². The van der Waals surface area contributed by atoms with Gasteiger partial charge in [0.1, 0.15) is 30.5 Å². The number of carboxylic acids is 1. The minimum atomic E-state index is -1.13. The van der Waals surface area contributed by atoms with E-state index in [9.17, 15) is 34.2 Å². The predicted molar refractivity (Wildman–Crippen MR) is 198 cm³/mol. The number of carbonyl (C=O) groups excluding carboxylic acids is 4. The minimum absolute atomic E-state index is 0.161. The fourth-order valence-corrected chi connectivity index (χ4v) is 4.31. The van der Waals surface area contributed by atoms with Crippen LogP contribution in [0.5, 0.6) is 0 Å². The van der Waals surface area contributed by atoms with Gasteiger partial charge in [0, 0.05) is 13.1 Å². The number of hydrogen-bond donors (Lipinski definition) is 6. The summed E-state index contributed by atoms with van der Waals surface area (Å²) in [5, 5.41) is 28.8. The molecule has 296 valence electrons. The van der Waals surface area contributed by atoms with E-state index in [1.165, 1.54) is 0 Å². The molecule has 0 bridgehead atoms. The van der Waals surface area contributed by atoms with Gasteiger partial charge >= 0.3 is 30.3 Å². The lowest BCUT2D eigenvalue weighted by Gasteiger charge is -2.22. The van der Waals surface area contributed by atoms with Crippen LogP contribution < -0.4 is 21.3 Å². The lowest BCUT2D eigenvalue weighted by atomic mass is 10.1. The van der Waals surface area contributed by atoms with Gasteiger partial charge in [-0.25, -0.2) is 24.0 Å². The van der Waals surface area contributed by atoms with Gasteiger partial charge < -0.3 is 50.4 Å². The quantitative estimate of drug-likeness (QED) is 0.0766. The molecule has 0 aliphatic rings. The maximum absolute atomic E-state index is 11.7. The summed E-state index contributed by atoms with van der Waals surface area (Å²) in [6.45, 7) is 11.5. The molecule has 2 atom stereocenters. The van der Waals surface area contributed by atoms with Crippen molar-refractivity contribution in [1.29, 1.82) is 0 Å². The maximum atomic E-state index is 11.7. The van der Waals surface area contributed by atoms with Gasteiger partial charge in [-0.2, -0.15) is 0 Å². The molecule has 15 heteroatoms. The standard InChI is InChI=1S/C19H28N2O6.C19H30N2O5/c1-19(2,3)27-18(25)21-15(16(22)23)11-7-8-12-20-17(24)26-13-14-9-5-4-6-10-14;1-19(2,3)26-18(24)21-16(13-22)11-7-8-12-20-17(23)25-14-15-9-5-4-6-10-15/h4-6,9-10,15H,7-8,11-13H2,1-3H3,(H,20,24)(H,21,25)(H,22,23);4-6,9-10,16,22H,7-8,11-14H2,1-3H3,(H,20,23)(H,21,24). The molecule has 0 aromatic heterocycles. The summed E-state index contributed by atoms with van der Waals surface area (Å²) in [5.74, 6) is -1.13. The Kier molecular flexibility index (Phi) is 21.7. The summed E-state index contributed by atoms with van der Waals surface area (Å²) in [7, 11) is 0. The average molecular weight is 747 g/mol. The molecule has 2 aromatic rings. The van der Waals surface area contributed by atoms with Gasteiger partial charge in [-0.3, -0.25) is 0 Å². The van der Waals surface area contributed by atoms with Crippen LogP contribution in [0.15, 0.2) is 60.7 Å². The first-order valence-corrected chi connectivity index (χ1v) is 17.7. The Hall–Kier alpha value is -5.05. The number of alkyl carbamates (subject to hydrolysis) is 4. The van der Waals surface area contributed by atoms with E-state index >= 15 is 0 Å². The van der Waals surface area contributed by atoms with Crippen molar-refractivity contribution in [3.63, 3.8) is 0 Å². The molecule has 4 amide bonds. The van der Waals surface area contributed by atoms with Crippen LogP contribution >= 0.6 is 0 Å². The molecule has 0 aliphatic heterocycles. The largest absolute Gasteiger partial charge is 0.480 e. The zero-order valence-electron chi connectivity index (χ0n) is 31.8. The van der Waals surface area contributed by atoms with Crippen molar-refractivity contribution >= 4 is 30.3 Å². The van der Waals surface area contributed by atoms with Crippen molar-refractivity contribution < 1.29 is 53.1 Å². The topological polar surface area (TPSA) is 211 Å². The molecule has 15 nitrogen and oxygen atoms in total. The molecule has 0 saturated heterocycles. The van der Waals surface area contributed by atoms with Crippen LogP contribution in [0.3, 0.4) is 0 Å². The number of nitrogens with one attached hydrogen (secondary N) is 4. The highest BCUT2D eigenvalue weighted by Crippen LogP contribution is 2.10. The van der Waals surface area contributed by atoms with Crippen molar-refractivity contribution in [3.8, 4) is 0 Å². The number of rotatable bonds is 18. The molecule has 0 fully saturated rings. The SMILES string of the molecule is CC(C)(C)OC(=O)NC(CCCCNC(=O)OCc1ccccc1)C(=O)O.CC(C)(C)OC(=O)NC(CO)CCCCNC(=O)OCc1ccccc1. The number of carbonyl (C=O) groups is 5. The highest BCUT2D eigenvalue weighted by atomic mass is 16.6. The number of carboxylic acid groups (broad SMARTS) is 1. The van der Waals surface area contributed by atoms with Gasteiger partial charge in [0.05, 0.1) is 12.6 Å². The van der Waals surface area contributed by atoms with Crippen molar-refractivity contribution in [2.75, 3.05) is 19.7 Å². The zero-order valence-corrected chi connectivity index (χ0v) is 31.8. The summed E-state index contributed by atoms with van der Waals surface area (Å²) in [6, 6.07) is 17.4. The molecule has 2 unspecified atom stereocenters. The highest BCUT2D eigenvalue weighted by Gasteiger charge is 2.23. The first-order valence-electron chi connectivity index (χ1n) is 17.7. The van der Waals surface area contributed by atoms with Gasteiger partial charge in [-0.05, 0) is 91.2 Å². The molecule has 6 N–H and O–H groups in total. The Bertz CT molecular complexity index is 1360. The summed E-state index contributed by atoms with van der Waals surface area (Å²) < 4.78 is 20.4. The lowest BCUT2D eigenvalue weighted by molar-refractivity contribution is -0.139. The van der Waals surface area contributed by atoms with Crippen LogP contribution in [0, 0.1) is 0 Å². The average Bonchev–Trinajstić information content (AvgIpc) is 3.08. The first kappa shape index (κ1) is 46.0. The van der Waals surface area contributed by atoms with E-state index in [1.54, 1.807) is 41.5 Å². The molecule has 2 rings (SSSR count). The summed E-state index contributed by atoms with van der Waals surface area (Å²) in [6.07, 6.45) is 1.04. The number of unbranched alkanes of at least 4 members (excludes halogenated alkanes) is 2. The molecule has 0 spiro atoms. The number of hydrogen-bond acceptors (Lipinski definition) is 10. The number of benzene rings is 2. The number of aliphatic hydroxyl groups excluding tert-OH is 1. The summed E-state index contributed by atoms with van der Waals surface area (Å²) >= 11 is 0. The van der Waals surface area contributed by atoms with E-state index in [1.807, 2.05) is 60.7 Å². The second-order valence-electron chi connectivity index (χ2n) is 14.0.